The molecular weight excluding hydrogens is 224 g/mol. The monoisotopic (exact) mass is 228 g/mol. The normalized spacial score (nSPS) is 4.50. The van der Waals surface area contributed by atoms with Crippen molar-refractivity contribution in [3.8, 4) is 82.9 Å². The van der Waals surface area contributed by atoms with Gasteiger partial charge in [-0.3, -0.25) is 0 Å². The van der Waals surface area contributed by atoms with Crippen LogP contribution in [0.4, 0.5) is 0 Å². The zero-order valence-electron chi connectivity index (χ0n) is 9.36. The molecule has 2 nitrogen and oxygen atoms in total. The molecule has 0 bridgehead atoms. The molecule has 18 heavy (non-hydrogen) atoms. The molecule has 0 aromatic rings. The van der Waals surface area contributed by atoms with Gasteiger partial charge in [0.15, 0.2) is 0 Å². The number of rotatable bonds is 0. The van der Waals surface area contributed by atoms with Crippen molar-refractivity contribution in [1.29, 1.82) is 0 Å². The molecule has 0 radical (unpaired) electrons. The summed E-state index contributed by atoms with van der Waals surface area (Å²) in [7, 11) is 0. The van der Waals surface area contributed by atoms with E-state index >= 15 is 0 Å². The molecule has 0 unspecified atom stereocenters. The van der Waals surface area contributed by atoms with Gasteiger partial charge in [0.1, 0.15) is 0 Å². The van der Waals surface area contributed by atoms with E-state index in [1.54, 1.807) is 6.92 Å². The Morgan fingerprint density at radius 2 is 1.00 bits per heavy atom. The van der Waals surface area contributed by atoms with Crippen LogP contribution in [0.5, 0.6) is 0 Å². The van der Waals surface area contributed by atoms with E-state index in [0.717, 1.165) is 0 Å². The van der Waals surface area contributed by atoms with Crippen LogP contribution < -0.4 is 0 Å². The number of carboxylic acids is 1. The van der Waals surface area contributed by atoms with Crippen molar-refractivity contribution in [3.63, 3.8) is 0 Å². The minimum atomic E-state index is -1.24. The number of carboxylic acid groups (broad SMARTS) is 1. The Balaban J connectivity index is 4.30. The smallest absolute Gasteiger partial charge is 0.382 e. The van der Waals surface area contributed by atoms with Gasteiger partial charge in [-0.2, -0.15) is 0 Å². The average molecular weight is 228 g/mol. The van der Waals surface area contributed by atoms with Crippen LogP contribution in [0.1, 0.15) is 6.92 Å². The Morgan fingerprint density at radius 3 is 1.33 bits per heavy atom. The van der Waals surface area contributed by atoms with Crippen LogP contribution in [0.15, 0.2) is 0 Å². The first-order valence-electron chi connectivity index (χ1n) is 4.43. The van der Waals surface area contributed by atoms with E-state index in [2.05, 4.69) is 77.0 Å². The maximum atomic E-state index is 9.97. The van der Waals surface area contributed by atoms with Gasteiger partial charge in [-0.15, -0.1) is 0 Å². The summed E-state index contributed by atoms with van der Waals surface area (Å²) in [5.74, 6) is 31.9. The lowest BCUT2D eigenvalue weighted by Gasteiger charge is -1.63. The molecule has 0 amide bonds. The lowest BCUT2D eigenvalue weighted by atomic mass is 10.5. The zero-order chi connectivity index (χ0) is 13.5. The molecule has 0 aromatic carbocycles. The highest BCUT2D eigenvalue weighted by Crippen LogP contribution is 1.58. The minimum absolute atomic E-state index is 1.24. The van der Waals surface area contributed by atoms with Crippen LogP contribution in [0, 0.1) is 82.9 Å². The topological polar surface area (TPSA) is 37.3 Å². The molecule has 0 heterocycles. The second-order valence-corrected chi connectivity index (χ2v) is 2.18. The van der Waals surface area contributed by atoms with E-state index < -0.39 is 5.97 Å². The summed E-state index contributed by atoms with van der Waals surface area (Å²) >= 11 is 0. The van der Waals surface area contributed by atoms with E-state index in [9.17, 15) is 4.79 Å². The lowest BCUT2D eigenvalue weighted by Crippen LogP contribution is -1.85. The molecule has 0 aliphatic carbocycles. The highest BCUT2D eigenvalue weighted by atomic mass is 16.4. The summed E-state index contributed by atoms with van der Waals surface area (Å²) < 4.78 is 0. The van der Waals surface area contributed by atoms with Crippen LogP contribution in [-0.2, 0) is 4.79 Å². The Kier molecular flexibility index (Phi) is 9.17. The standard InChI is InChI=1S/C16H4O2/c1-2-3-4-5-6-7-8-9-10-11-12-13-14-15-16(17)18/h1H3,(H,17,18). The summed E-state index contributed by atoms with van der Waals surface area (Å²) in [6.07, 6.45) is 0. The van der Waals surface area contributed by atoms with Crippen LogP contribution in [0.25, 0.3) is 0 Å². The van der Waals surface area contributed by atoms with E-state index in [4.69, 9.17) is 5.11 Å². The van der Waals surface area contributed by atoms with E-state index in [1.165, 1.54) is 0 Å². The van der Waals surface area contributed by atoms with Crippen LogP contribution in [0.3, 0.4) is 0 Å². The molecule has 0 atom stereocenters. The third kappa shape index (κ3) is 12.4. The highest BCUT2D eigenvalue weighted by molar-refractivity contribution is 5.87. The summed E-state index contributed by atoms with van der Waals surface area (Å²) in [6.45, 7) is 1.68. The molecule has 1 N–H and O–H groups in total. The van der Waals surface area contributed by atoms with Crippen molar-refractivity contribution in [2.45, 2.75) is 6.92 Å². The average Bonchev–Trinajstić information content (AvgIpc) is 2.34. The summed E-state index contributed by atoms with van der Waals surface area (Å²) in [4.78, 5) is 9.97. The molecular formula is C16H4O2. The molecule has 0 saturated heterocycles. The summed E-state index contributed by atoms with van der Waals surface area (Å²) in [5.41, 5.74) is 0. The van der Waals surface area contributed by atoms with Gasteiger partial charge in [0.25, 0.3) is 0 Å². The van der Waals surface area contributed by atoms with Crippen LogP contribution in [0.2, 0.25) is 0 Å². The SMILES string of the molecule is CC#CC#CC#CC#CC#CC#CC#CC(=O)O. The van der Waals surface area contributed by atoms with Gasteiger partial charge in [-0.1, -0.05) is 5.92 Å². The van der Waals surface area contributed by atoms with Crippen LogP contribution >= 0.6 is 0 Å². The second kappa shape index (κ2) is 11.5. The molecule has 80 valence electrons. The molecule has 0 aromatic heterocycles. The zero-order valence-corrected chi connectivity index (χ0v) is 9.36. The van der Waals surface area contributed by atoms with E-state index in [1.807, 2.05) is 5.92 Å². The number of carbonyl (C=O) groups is 1. The van der Waals surface area contributed by atoms with Crippen molar-refractivity contribution in [2.24, 2.45) is 0 Å². The van der Waals surface area contributed by atoms with Crippen LogP contribution in [-0.4, -0.2) is 11.1 Å². The number of hydrogen-bond acceptors (Lipinski definition) is 1. The Labute approximate surface area is 106 Å². The first-order chi connectivity index (χ1) is 8.77. The quantitative estimate of drug-likeness (QED) is 0.598. The predicted octanol–water partition coefficient (Wildman–Crippen LogP) is 0.115. The van der Waals surface area contributed by atoms with Crippen molar-refractivity contribution in [1.82, 2.24) is 0 Å². The van der Waals surface area contributed by atoms with Gasteiger partial charge >= 0.3 is 5.97 Å². The van der Waals surface area contributed by atoms with Gasteiger partial charge in [-0.25, -0.2) is 4.79 Å². The Bertz CT molecular complexity index is 748. The fourth-order valence-electron chi connectivity index (χ4n) is 0.460. The molecule has 2 heteroatoms. The largest absolute Gasteiger partial charge is 0.472 e. The molecule has 0 aliphatic heterocycles. The molecule has 0 fully saturated rings. The summed E-state index contributed by atoms with van der Waals surface area (Å²) in [5, 5.41) is 8.16. The lowest BCUT2D eigenvalue weighted by molar-refractivity contribution is -0.130. The molecule has 0 aliphatic rings. The Morgan fingerprint density at radius 1 is 0.667 bits per heavy atom. The fourth-order valence-corrected chi connectivity index (χ4v) is 0.460. The van der Waals surface area contributed by atoms with E-state index in [0.29, 0.717) is 0 Å². The van der Waals surface area contributed by atoms with Crippen molar-refractivity contribution < 1.29 is 9.90 Å². The van der Waals surface area contributed by atoms with Gasteiger partial charge in [-0.05, 0) is 78.0 Å². The third-order valence-electron chi connectivity index (χ3n) is 0.982. The maximum Gasteiger partial charge on any atom is 0.382 e. The Hall–Kier alpha value is -3.61. The minimum Gasteiger partial charge on any atom is -0.472 e. The van der Waals surface area contributed by atoms with Gasteiger partial charge in [0.05, 0.1) is 0 Å². The molecule has 0 rings (SSSR count). The third-order valence-corrected chi connectivity index (χ3v) is 0.982. The van der Waals surface area contributed by atoms with Gasteiger partial charge in [0, 0.05) is 5.92 Å². The van der Waals surface area contributed by atoms with Gasteiger partial charge < -0.3 is 5.11 Å². The van der Waals surface area contributed by atoms with Gasteiger partial charge in [0.2, 0.25) is 0 Å². The first kappa shape index (κ1) is 14.4. The molecule has 0 spiro atoms. The predicted molar refractivity (Wildman–Crippen MR) is 67.7 cm³/mol. The number of hydrogen-bond donors (Lipinski definition) is 1. The maximum absolute atomic E-state index is 9.97. The highest BCUT2D eigenvalue weighted by Gasteiger charge is 1.78. The summed E-state index contributed by atoms with van der Waals surface area (Å²) in [6, 6.07) is 0. The molecule has 0 saturated carbocycles. The van der Waals surface area contributed by atoms with Crippen molar-refractivity contribution in [3.05, 3.63) is 0 Å². The fraction of sp³-hybridized carbons (Fsp3) is 0.0625. The second-order valence-electron chi connectivity index (χ2n) is 2.18. The van der Waals surface area contributed by atoms with E-state index in [-0.39, 0.29) is 0 Å². The van der Waals surface area contributed by atoms with Crippen molar-refractivity contribution >= 4 is 5.97 Å². The first-order valence-corrected chi connectivity index (χ1v) is 4.43. The van der Waals surface area contributed by atoms with Crippen molar-refractivity contribution in [2.75, 3.05) is 0 Å². The number of aliphatic carboxylic acids is 1.